The molecule has 0 radical (unpaired) electrons. The van der Waals surface area contributed by atoms with Gasteiger partial charge < -0.3 is 15.0 Å². The molecule has 0 fully saturated rings. The van der Waals surface area contributed by atoms with Crippen molar-refractivity contribution in [3.8, 4) is 0 Å². The van der Waals surface area contributed by atoms with Gasteiger partial charge in [-0.1, -0.05) is 27.7 Å². The molecule has 0 bridgehead atoms. The molecule has 0 spiro atoms. The van der Waals surface area contributed by atoms with Crippen molar-refractivity contribution in [3.05, 3.63) is 11.1 Å². The molecule has 0 aliphatic rings. The molecule has 1 aromatic heterocycles. The Kier molecular flexibility index (Phi) is 8.88. The number of hydrogen-bond donors (Lipinski definition) is 1. The summed E-state index contributed by atoms with van der Waals surface area (Å²) in [5, 5.41) is 4.55. The van der Waals surface area contributed by atoms with Gasteiger partial charge in [0.1, 0.15) is 0 Å². The van der Waals surface area contributed by atoms with Crippen molar-refractivity contribution in [3.63, 3.8) is 0 Å². The fourth-order valence-electron chi connectivity index (χ4n) is 2.40. The number of thiazole rings is 1. The second kappa shape index (κ2) is 10.1. The topological polar surface area (TPSA) is 37.4 Å². The van der Waals surface area contributed by atoms with Gasteiger partial charge in [0.15, 0.2) is 5.13 Å². The molecule has 122 valence electrons. The van der Waals surface area contributed by atoms with Crippen LogP contribution in [0.1, 0.15) is 45.4 Å². The number of ether oxygens (including phenoxy) is 1. The highest BCUT2D eigenvalue weighted by molar-refractivity contribution is 7.15. The van der Waals surface area contributed by atoms with Crippen molar-refractivity contribution < 1.29 is 4.74 Å². The molecule has 0 amide bonds. The molecule has 0 atom stereocenters. The molecule has 1 N–H and O–H groups in total. The van der Waals surface area contributed by atoms with Gasteiger partial charge in [0.2, 0.25) is 0 Å². The quantitative estimate of drug-likeness (QED) is 0.634. The zero-order valence-electron chi connectivity index (χ0n) is 14.2. The lowest BCUT2D eigenvalue weighted by molar-refractivity contribution is 0.199. The maximum atomic E-state index is 5.04. The Labute approximate surface area is 133 Å². The predicted molar refractivity (Wildman–Crippen MR) is 92.3 cm³/mol. The SMILES string of the molecule is CCC(CC)N(CC(C)C)c1ncc(CNCCOC)s1. The van der Waals surface area contributed by atoms with Gasteiger partial charge in [0.05, 0.1) is 6.61 Å². The second-order valence-corrected chi connectivity index (χ2v) is 6.89. The molecule has 1 rings (SSSR count). The Bertz CT molecular complexity index is 377. The zero-order chi connectivity index (χ0) is 15.7. The van der Waals surface area contributed by atoms with E-state index in [0.29, 0.717) is 12.0 Å². The van der Waals surface area contributed by atoms with E-state index >= 15 is 0 Å². The number of anilines is 1. The van der Waals surface area contributed by atoms with E-state index in [4.69, 9.17) is 4.74 Å². The Morgan fingerprint density at radius 1 is 1.33 bits per heavy atom. The Morgan fingerprint density at radius 2 is 2.05 bits per heavy atom. The highest BCUT2D eigenvalue weighted by atomic mass is 32.1. The van der Waals surface area contributed by atoms with Crippen molar-refractivity contribution in [1.29, 1.82) is 0 Å². The number of nitrogens with one attached hydrogen (secondary N) is 1. The Hall–Kier alpha value is -0.650. The fourth-order valence-corrected chi connectivity index (χ4v) is 3.36. The van der Waals surface area contributed by atoms with Crippen LogP contribution in [0.25, 0.3) is 0 Å². The third kappa shape index (κ3) is 6.32. The molecular formula is C16H31N3OS. The summed E-state index contributed by atoms with van der Waals surface area (Å²) in [6, 6.07) is 0.591. The molecule has 4 nitrogen and oxygen atoms in total. The summed E-state index contributed by atoms with van der Waals surface area (Å²) in [6.07, 6.45) is 4.35. The van der Waals surface area contributed by atoms with E-state index < -0.39 is 0 Å². The van der Waals surface area contributed by atoms with Crippen molar-refractivity contribution in [1.82, 2.24) is 10.3 Å². The van der Waals surface area contributed by atoms with Crippen LogP contribution in [0.3, 0.4) is 0 Å². The first-order valence-corrected chi connectivity index (χ1v) is 8.84. The van der Waals surface area contributed by atoms with Crippen LogP contribution >= 0.6 is 11.3 Å². The van der Waals surface area contributed by atoms with Crippen LogP contribution in [0.2, 0.25) is 0 Å². The van der Waals surface area contributed by atoms with Gasteiger partial charge >= 0.3 is 0 Å². The number of rotatable bonds is 11. The molecule has 0 saturated heterocycles. The van der Waals surface area contributed by atoms with E-state index in [-0.39, 0.29) is 0 Å². The lowest BCUT2D eigenvalue weighted by atomic mass is 10.1. The number of hydrogen-bond acceptors (Lipinski definition) is 5. The summed E-state index contributed by atoms with van der Waals surface area (Å²) in [6.45, 7) is 12.7. The summed E-state index contributed by atoms with van der Waals surface area (Å²) in [5.41, 5.74) is 0. The predicted octanol–water partition coefficient (Wildman–Crippen LogP) is 3.53. The van der Waals surface area contributed by atoms with Crippen LogP contribution < -0.4 is 10.2 Å². The van der Waals surface area contributed by atoms with Crippen LogP contribution in [-0.4, -0.2) is 37.8 Å². The molecule has 0 aliphatic heterocycles. The monoisotopic (exact) mass is 313 g/mol. The Balaban J connectivity index is 2.67. The van der Waals surface area contributed by atoms with Gasteiger partial charge in [0.25, 0.3) is 0 Å². The van der Waals surface area contributed by atoms with E-state index in [1.807, 2.05) is 17.5 Å². The average molecular weight is 314 g/mol. The Morgan fingerprint density at radius 3 is 2.62 bits per heavy atom. The van der Waals surface area contributed by atoms with Crippen LogP contribution in [0.15, 0.2) is 6.20 Å². The smallest absolute Gasteiger partial charge is 0.185 e. The lowest BCUT2D eigenvalue weighted by Gasteiger charge is -2.31. The number of nitrogens with zero attached hydrogens (tertiary/aromatic N) is 2. The summed E-state index contributed by atoms with van der Waals surface area (Å²) < 4.78 is 5.04. The molecule has 0 aromatic carbocycles. The maximum absolute atomic E-state index is 5.04. The van der Waals surface area contributed by atoms with Gasteiger partial charge in [-0.05, 0) is 18.8 Å². The summed E-state index contributed by atoms with van der Waals surface area (Å²) in [7, 11) is 1.73. The fraction of sp³-hybridized carbons (Fsp3) is 0.812. The van der Waals surface area contributed by atoms with Gasteiger partial charge in [0, 0.05) is 43.9 Å². The summed E-state index contributed by atoms with van der Waals surface area (Å²) in [4.78, 5) is 8.44. The minimum atomic E-state index is 0.591. The molecule has 0 aliphatic carbocycles. The normalized spacial score (nSPS) is 11.6. The summed E-state index contributed by atoms with van der Waals surface area (Å²) in [5.74, 6) is 0.651. The molecule has 0 saturated carbocycles. The van der Waals surface area contributed by atoms with Crippen LogP contribution in [-0.2, 0) is 11.3 Å². The first-order chi connectivity index (χ1) is 10.1. The molecule has 1 heterocycles. The standard InChI is InChI=1S/C16H31N3OS/c1-6-14(7-2)19(12-13(3)4)16-18-11-15(21-16)10-17-8-9-20-5/h11,13-14,17H,6-10,12H2,1-5H3. The van der Waals surface area contributed by atoms with Crippen LogP contribution in [0, 0.1) is 5.92 Å². The average Bonchev–Trinajstić information content (AvgIpc) is 2.92. The molecule has 0 unspecified atom stereocenters. The number of aromatic nitrogens is 1. The summed E-state index contributed by atoms with van der Waals surface area (Å²) >= 11 is 1.81. The molecular weight excluding hydrogens is 282 g/mol. The highest BCUT2D eigenvalue weighted by Gasteiger charge is 2.19. The highest BCUT2D eigenvalue weighted by Crippen LogP contribution is 2.27. The zero-order valence-corrected chi connectivity index (χ0v) is 15.0. The van der Waals surface area contributed by atoms with E-state index in [1.54, 1.807) is 7.11 Å². The molecule has 5 heteroatoms. The van der Waals surface area contributed by atoms with Crippen molar-refractivity contribution in [2.45, 2.75) is 53.1 Å². The van der Waals surface area contributed by atoms with Gasteiger partial charge in [-0.3, -0.25) is 0 Å². The molecule has 21 heavy (non-hydrogen) atoms. The van der Waals surface area contributed by atoms with Crippen LogP contribution in [0.5, 0.6) is 0 Å². The third-order valence-electron chi connectivity index (χ3n) is 3.51. The minimum absolute atomic E-state index is 0.591. The minimum Gasteiger partial charge on any atom is -0.383 e. The first kappa shape index (κ1) is 18.4. The lowest BCUT2D eigenvalue weighted by Crippen LogP contribution is -2.37. The first-order valence-electron chi connectivity index (χ1n) is 8.03. The van der Waals surface area contributed by atoms with Gasteiger partial charge in [-0.15, -0.1) is 11.3 Å². The van der Waals surface area contributed by atoms with Crippen molar-refractivity contribution in [2.75, 3.05) is 31.7 Å². The second-order valence-electron chi connectivity index (χ2n) is 5.80. The third-order valence-corrected chi connectivity index (χ3v) is 4.55. The largest absolute Gasteiger partial charge is 0.383 e. The number of methoxy groups -OCH3 is 1. The van der Waals surface area contributed by atoms with E-state index in [1.165, 1.54) is 22.9 Å². The van der Waals surface area contributed by atoms with Crippen molar-refractivity contribution >= 4 is 16.5 Å². The van der Waals surface area contributed by atoms with E-state index in [0.717, 1.165) is 26.2 Å². The van der Waals surface area contributed by atoms with Crippen LogP contribution in [0.4, 0.5) is 5.13 Å². The van der Waals surface area contributed by atoms with E-state index in [2.05, 4.69) is 42.9 Å². The molecule has 1 aromatic rings. The maximum Gasteiger partial charge on any atom is 0.185 e. The van der Waals surface area contributed by atoms with Gasteiger partial charge in [-0.2, -0.15) is 0 Å². The van der Waals surface area contributed by atoms with E-state index in [9.17, 15) is 0 Å². The van der Waals surface area contributed by atoms with Gasteiger partial charge in [-0.25, -0.2) is 4.98 Å². The van der Waals surface area contributed by atoms with Crippen molar-refractivity contribution in [2.24, 2.45) is 5.92 Å².